The van der Waals surface area contributed by atoms with E-state index in [4.69, 9.17) is 0 Å². The van der Waals surface area contributed by atoms with Gasteiger partial charge in [-0.3, -0.25) is 0 Å². The molecule has 3 aliphatic rings. The van der Waals surface area contributed by atoms with E-state index < -0.39 is 11.6 Å². The molecule has 0 atom stereocenters. The maximum atomic E-state index is 15.2. The van der Waals surface area contributed by atoms with Gasteiger partial charge in [-0.1, -0.05) is 64.5 Å². The summed E-state index contributed by atoms with van der Waals surface area (Å²) < 4.78 is 30.3. The molecule has 4 rings (SSSR count). The van der Waals surface area contributed by atoms with Gasteiger partial charge in [-0.25, -0.2) is 8.78 Å². The van der Waals surface area contributed by atoms with Gasteiger partial charge in [-0.05, 0) is 111 Å². The third kappa shape index (κ3) is 5.58. The second-order valence-electron chi connectivity index (χ2n) is 11.6. The molecular formula is C30H46F2. The third-order valence-electron chi connectivity index (χ3n) is 9.59. The van der Waals surface area contributed by atoms with Crippen molar-refractivity contribution in [1.29, 1.82) is 0 Å². The molecule has 0 amide bonds. The van der Waals surface area contributed by atoms with Gasteiger partial charge in [-0.2, -0.15) is 0 Å². The number of rotatable bonds is 7. The largest absolute Gasteiger partial charge is 0.203 e. The molecule has 2 heteroatoms. The Morgan fingerprint density at radius 2 is 0.906 bits per heavy atom. The summed E-state index contributed by atoms with van der Waals surface area (Å²) >= 11 is 0. The van der Waals surface area contributed by atoms with E-state index in [1.165, 1.54) is 77.0 Å². The van der Waals surface area contributed by atoms with Gasteiger partial charge in [-0.15, -0.1) is 0 Å². The van der Waals surface area contributed by atoms with E-state index in [-0.39, 0.29) is 11.8 Å². The van der Waals surface area contributed by atoms with Crippen LogP contribution in [0.25, 0.3) is 0 Å². The first-order valence-electron chi connectivity index (χ1n) is 14.1. The molecule has 0 nitrogen and oxygen atoms in total. The molecule has 3 fully saturated rings. The Balaban J connectivity index is 1.32. The topological polar surface area (TPSA) is 0 Å². The zero-order chi connectivity index (χ0) is 22.5. The quantitative estimate of drug-likeness (QED) is 0.392. The van der Waals surface area contributed by atoms with Crippen molar-refractivity contribution in [2.75, 3.05) is 0 Å². The summed E-state index contributed by atoms with van der Waals surface area (Å²) in [7, 11) is 0. The molecule has 3 saturated carbocycles. The maximum absolute atomic E-state index is 15.2. The van der Waals surface area contributed by atoms with E-state index in [2.05, 4.69) is 13.8 Å². The monoisotopic (exact) mass is 444 g/mol. The molecule has 0 unspecified atom stereocenters. The van der Waals surface area contributed by atoms with E-state index in [9.17, 15) is 0 Å². The van der Waals surface area contributed by atoms with Crippen LogP contribution in [0.15, 0.2) is 12.1 Å². The number of hydrogen-bond donors (Lipinski definition) is 0. The zero-order valence-corrected chi connectivity index (χ0v) is 20.7. The highest BCUT2D eigenvalue weighted by atomic mass is 19.2. The molecule has 0 bridgehead atoms. The summed E-state index contributed by atoms with van der Waals surface area (Å²) in [5, 5.41) is 0. The average Bonchev–Trinajstić information content (AvgIpc) is 2.83. The van der Waals surface area contributed by atoms with E-state index in [0.29, 0.717) is 11.1 Å². The highest BCUT2D eigenvalue weighted by Gasteiger charge is 2.33. The van der Waals surface area contributed by atoms with Crippen LogP contribution in [0.4, 0.5) is 8.78 Å². The Kier molecular flexibility index (Phi) is 8.68. The van der Waals surface area contributed by atoms with Crippen LogP contribution in [0.2, 0.25) is 0 Å². The van der Waals surface area contributed by atoms with Crippen molar-refractivity contribution in [3.63, 3.8) is 0 Å². The third-order valence-corrected chi connectivity index (χ3v) is 9.59. The van der Waals surface area contributed by atoms with Crippen LogP contribution in [-0.4, -0.2) is 0 Å². The lowest BCUT2D eigenvalue weighted by molar-refractivity contribution is 0.156. The molecule has 180 valence electrons. The van der Waals surface area contributed by atoms with Crippen LogP contribution in [-0.2, 0) is 0 Å². The molecule has 0 aliphatic heterocycles. The van der Waals surface area contributed by atoms with Crippen LogP contribution < -0.4 is 0 Å². The molecule has 3 aliphatic carbocycles. The van der Waals surface area contributed by atoms with Gasteiger partial charge in [0.1, 0.15) is 0 Å². The van der Waals surface area contributed by atoms with Crippen LogP contribution in [0.1, 0.15) is 140 Å². The summed E-state index contributed by atoms with van der Waals surface area (Å²) in [5.74, 6) is 2.83. The molecule has 32 heavy (non-hydrogen) atoms. The first kappa shape index (κ1) is 24.2. The van der Waals surface area contributed by atoms with Gasteiger partial charge >= 0.3 is 0 Å². The van der Waals surface area contributed by atoms with E-state index >= 15 is 8.78 Å². The molecular weight excluding hydrogens is 398 g/mol. The lowest BCUT2D eigenvalue weighted by Crippen LogP contribution is -2.25. The Labute approximate surface area is 196 Å². The number of halogens is 2. The molecule has 0 saturated heterocycles. The normalized spacial score (nSPS) is 33.9. The van der Waals surface area contributed by atoms with Crippen LogP contribution in [0.5, 0.6) is 0 Å². The zero-order valence-electron chi connectivity index (χ0n) is 20.7. The van der Waals surface area contributed by atoms with Crippen molar-refractivity contribution in [2.45, 2.75) is 128 Å². The lowest BCUT2D eigenvalue weighted by atomic mass is 9.68. The molecule has 0 spiro atoms. The number of hydrogen-bond acceptors (Lipinski definition) is 0. The Bertz CT molecular complexity index is 702. The molecule has 1 aromatic carbocycles. The van der Waals surface area contributed by atoms with Crippen molar-refractivity contribution in [3.8, 4) is 0 Å². The summed E-state index contributed by atoms with van der Waals surface area (Å²) in [6.45, 7) is 4.55. The van der Waals surface area contributed by atoms with Gasteiger partial charge in [0.25, 0.3) is 0 Å². The van der Waals surface area contributed by atoms with E-state index in [1.54, 1.807) is 0 Å². The molecule has 0 N–H and O–H groups in total. The van der Waals surface area contributed by atoms with Crippen LogP contribution >= 0.6 is 0 Å². The van der Waals surface area contributed by atoms with Gasteiger partial charge in [0.15, 0.2) is 11.6 Å². The smallest absolute Gasteiger partial charge is 0.162 e. The van der Waals surface area contributed by atoms with E-state index in [1.807, 2.05) is 12.1 Å². The van der Waals surface area contributed by atoms with Crippen molar-refractivity contribution in [1.82, 2.24) is 0 Å². The Hall–Kier alpha value is -0.920. The van der Waals surface area contributed by atoms with Crippen LogP contribution in [0.3, 0.4) is 0 Å². The van der Waals surface area contributed by atoms with Crippen molar-refractivity contribution in [3.05, 3.63) is 34.9 Å². The lowest BCUT2D eigenvalue weighted by Gasteiger charge is -2.38. The van der Waals surface area contributed by atoms with Crippen molar-refractivity contribution < 1.29 is 8.78 Å². The van der Waals surface area contributed by atoms with Gasteiger partial charge in [0.05, 0.1) is 0 Å². The van der Waals surface area contributed by atoms with Gasteiger partial charge in [0, 0.05) is 0 Å². The first-order valence-corrected chi connectivity index (χ1v) is 14.1. The van der Waals surface area contributed by atoms with Crippen LogP contribution in [0, 0.1) is 35.3 Å². The highest BCUT2D eigenvalue weighted by Crippen LogP contribution is 2.46. The Morgan fingerprint density at radius 3 is 1.31 bits per heavy atom. The molecule has 0 aromatic heterocycles. The Morgan fingerprint density at radius 1 is 0.562 bits per heavy atom. The second-order valence-corrected chi connectivity index (χ2v) is 11.6. The van der Waals surface area contributed by atoms with Gasteiger partial charge < -0.3 is 0 Å². The minimum atomic E-state index is -0.530. The molecule has 0 heterocycles. The summed E-state index contributed by atoms with van der Waals surface area (Å²) in [6.07, 6.45) is 19.7. The molecule has 1 aromatic rings. The highest BCUT2D eigenvalue weighted by molar-refractivity contribution is 5.32. The predicted molar refractivity (Wildman–Crippen MR) is 131 cm³/mol. The summed E-state index contributed by atoms with van der Waals surface area (Å²) in [6, 6.07) is 3.90. The SMILES string of the molecule is CCCC1CCC(c2ccc(C3CCC(C4CCC(CCC)CC4)CC3)c(F)c2F)CC1. The standard InChI is InChI=1S/C30H46F2/c1-3-5-21-7-11-23(12-8-21)24-15-17-26(18-16-24)28-20-19-27(29(31)30(28)32)25-13-9-22(6-4-2)10-14-25/h19-26H,3-18H2,1-2H3. The van der Waals surface area contributed by atoms with Crippen molar-refractivity contribution in [2.24, 2.45) is 23.7 Å². The maximum Gasteiger partial charge on any atom is 0.162 e. The second kappa shape index (κ2) is 11.5. The van der Waals surface area contributed by atoms with E-state index in [0.717, 1.165) is 49.4 Å². The van der Waals surface area contributed by atoms with Gasteiger partial charge in [0.2, 0.25) is 0 Å². The fourth-order valence-electron chi connectivity index (χ4n) is 7.64. The first-order chi connectivity index (χ1) is 15.6. The van der Waals surface area contributed by atoms with Crippen molar-refractivity contribution >= 4 is 0 Å². The minimum Gasteiger partial charge on any atom is -0.203 e. The predicted octanol–water partition coefficient (Wildman–Crippen LogP) is 9.92. The number of benzene rings is 1. The summed E-state index contributed by atoms with van der Waals surface area (Å²) in [5.41, 5.74) is 1.31. The average molecular weight is 445 g/mol. The summed E-state index contributed by atoms with van der Waals surface area (Å²) in [4.78, 5) is 0. The minimum absolute atomic E-state index is 0.213. The fourth-order valence-corrected chi connectivity index (χ4v) is 7.64. The molecule has 0 radical (unpaired) electrons. The fraction of sp³-hybridized carbons (Fsp3) is 0.800.